The monoisotopic (exact) mass is 228 g/mol. The molecule has 0 heterocycles. The first-order valence-electron chi connectivity index (χ1n) is 4.87. The second-order valence-corrected chi connectivity index (χ2v) is 3.30. The van der Waals surface area contributed by atoms with E-state index in [9.17, 15) is 13.2 Å². The van der Waals surface area contributed by atoms with E-state index in [4.69, 9.17) is 5.26 Å². The van der Waals surface area contributed by atoms with Crippen molar-refractivity contribution in [3.05, 3.63) is 35.1 Å². The Morgan fingerprint density at radius 1 is 1.25 bits per heavy atom. The summed E-state index contributed by atoms with van der Waals surface area (Å²) in [5, 5.41) is 11.5. The highest BCUT2D eigenvalue weighted by atomic mass is 19.2. The van der Waals surface area contributed by atoms with Gasteiger partial charge in [0.25, 0.3) is 0 Å². The van der Waals surface area contributed by atoms with E-state index in [0.29, 0.717) is 18.7 Å². The first-order chi connectivity index (χ1) is 7.60. The molecule has 5 heteroatoms. The van der Waals surface area contributed by atoms with E-state index < -0.39 is 23.5 Å². The number of halogens is 3. The maximum absolute atomic E-state index is 13.3. The summed E-state index contributed by atoms with van der Waals surface area (Å²) in [6, 6.07) is 1.99. The number of benzene rings is 1. The van der Waals surface area contributed by atoms with Crippen LogP contribution in [0.25, 0.3) is 0 Å². The van der Waals surface area contributed by atoms with E-state index in [1.165, 1.54) is 0 Å². The molecule has 0 aromatic heterocycles. The van der Waals surface area contributed by atoms with Gasteiger partial charge in [0.05, 0.1) is 6.07 Å². The summed E-state index contributed by atoms with van der Waals surface area (Å²) >= 11 is 0. The van der Waals surface area contributed by atoms with Crippen LogP contribution in [0, 0.1) is 28.8 Å². The third kappa shape index (κ3) is 2.74. The van der Waals surface area contributed by atoms with Crippen LogP contribution in [0.5, 0.6) is 0 Å². The van der Waals surface area contributed by atoms with Gasteiger partial charge >= 0.3 is 0 Å². The minimum Gasteiger partial charge on any atom is -0.298 e. The molecule has 0 fully saturated rings. The Morgan fingerprint density at radius 3 is 2.44 bits per heavy atom. The van der Waals surface area contributed by atoms with Crippen molar-refractivity contribution in [3.8, 4) is 6.07 Å². The predicted molar refractivity (Wildman–Crippen MR) is 53.0 cm³/mol. The molecule has 0 spiro atoms. The Bertz CT molecular complexity index is 412. The van der Waals surface area contributed by atoms with Crippen LogP contribution in [0.3, 0.4) is 0 Å². The lowest BCUT2D eigenvalue weighted by molar-refractivity contribution is 0.482. The van der Waals surface area contributed by atoms with Crippen molar-refractivity contribution in [3.63, 3.8) is 0 Å². The zero-order valence-electron chi connectivity index (χ0n) is 8.73. The Morgan fingerprint density at radius 2 is 1.88 bits per heavy atom. The third-order valence-corrected chi connectivity index (χ3v) is 2.08. The Kier molecular flexibility index (Phi) is 4.32. The van der Waals surface area contributed by atoms with Crippen LogP contribution in [-0.4, -0.2) is 6.54 Å². The molecule has 0 aliphatic heterocycles. The van der Waals surface area contributed by atoms with Crippen molar-refractivity contribution in [1.82, 2.24) is 5.32 Å². The average molecular weight is 228 g/mol. The summed E-state index contributed by atoms with van der Waals surface area (Å²) in [6.07, 6.45) is 0.753. The van der Waals surface area contributed by atoms with Gasteiger partial charge in [-0.3, -0.25) is 5.32 Å². The van der Waals surface area contributed by atoms with Crippen LogP contribution in [-0.2, 0) is 0 Å². The number of hydrogen-bond acceptors (Lipinski definition) is 2. The van der Waals surface area contributed by atoms with Gasteiger partial charge in [-0.1, -0.05) is 6.92 Å². The summed E-state index contributed by atoms with van der Waals surface area (Å²) in [5.74, 6) is -3.34. The van der Waals surface area contributed by atoms with E-state index in [1.54, 1.807) is 6.07 Å². The Hall–Kier alpha value is -1.54. The topological polar surface area (TPSA) is 35.8 Å². The lowest BCUT2D eigenvalue weighted by Crippen LogP contribution is -2.22. The van der Waals surface area contributed by atoms with E-state index in [0.717, 1.165) is 6.42 Å². The van der Waals surface area contributed by atoms with Crippen molar-refractivity contribution in [1.29, 1.82) is 5.26 Å². The molecular formula is C11H11F3N2. The number of nitriles is 1. The fourth-order valence-electron chi connectivity index (χ4n) is 1.27. The van der Waals surface area contributed by atoms with Crippen LogP contribution < -0.4 is 5.32 Å². The zero-order valence-corrected chi connectivity index (χ0v) is 8.73. The molecule has 0 radical (unpaired) electrons. The number of nitrogens with one attached hydrogen (secondary N) is 1. The van der Waals surface area contributed by atoms with Crippen LogP contribution >= 0.6 is 0 Å². The van der Waals surface area contributed by atoms with Gasteiger partial charge in [-0.2, -0.15) is 5.26 Å². The van der Waals surface area contributed by atoms with Gasteiger partial charge in [0, 0.05) is 11.6 Å². The van der Waals surface area contributed by atoms with Crippen molar-refractivity contribution < 1.29 is 13.2 Å². The third-order valence-electron chi connectivity index (χ3n) is 2.08. The number of hydrogen-bond donors (Lipinski definition) is 1. The molecule has 1 rings (SSSR count). The van der Waals surface area contributed by atoms with Gasteiger partial charge in [0.15, 0.2) is 11.6 Å². The van der Waals surface area contributed by atoms with E-state index in [2.05, 4.69) is 5.32 Å². The standard InChI is InChI=1S/C11H11F3N2/c1-2-3-16-11(6-15)7-4-9(13)10(14)5-8(7)12/h4-5,11,16H,2-3H2,1H3. The zero-order chi connectivity index (χ0) is 12.1. The lowest BCUT2D eigenvalue weighted by atomic mass is 10.1. The number of nitrogens with zero attached hydrogens (tertiary/aromatic N) is 1. The quantitative estimate of drug-likeness (QED) is 0.804. The first-order valence-corrected chi connectivity index (χ1v) is 4.87. The maximum atomic E-state index is 13.3. The Labute approximate surface area is 91.7 Å². The smallest absolute Gasteiger partial charge is 0.161 e. The van der Waals surface area contributed by atoms with E-state index in [1.807, 2.05) is 6.92 Å². The molecule has 1 unspecified atom stereocenters. The van der Waals surface area contributed by atoms with Gasteiger partial charge in [-0.05, 0) is 19.0 Å². The highest BCUT2D eigenvalue weighted by Crippen LogP contribution is 2.20. The first kappa shape index (κ1) is 12.5. The van der Waals surface area contributed by atoms with Crippen molar-refractivity contribution in [2.24, 2.45) is 0 Å². The molecule has 1 aromatic rings. The molecule has 0 saturated heterocycles. The van der Waals surface area contributed by atoms with Gasteiger partial charge in [-0.25, -0.2) is 13.2 Å². The molecule has 0 bridgehead atoms. The summed E-state index contributed by atoms with van der Waals surface area (Å²) < 4.78 is 38.9. The summed E-state index contributed by atoms with van der Waals surface area (Å²) in [4.78, 5) is 0. The molecule has 2 nitrogen and oxygen atoms in total. The lowest BCUT2D eigenvalue weighted by Gasteiger charge is -2.12. The molecule has 0 aliphatic rings. The fourth-order valence-corrected chi connectivity index (χ4v) is 1.27. The molecule has 1 atom stereocenters. The molecule has 0 amide bonds. The minimum absolute atomic E-state index is 0.171. The predicted octanol–water partition coefficient (Wildman–Crippen LogP) is 2.67. The SMILES string of the molecule is CCCNC(C#N)c1cc(F)c(F)cc1F. The van der Waals surface area contributed by atoms with E-state index >= 15 is 0 Å². The number of rotatable bonds is 4. The van der Waals surface area contributed by atoms with Crippen LogP contribution in [0.2, 0.25) is 0 Å². The molecule has 1 N–H and O–H groups in total. The summed E-state index contributed by atoms with van der Waals surface area (Å²) in [7, 11) is 0. The molecule has 1 aromatic carbocycles. The van der Waals surface area contributed by atoms with Crippen molar-refractivity contribution >= 4 is 0 Å². The van der Waals surface area contributed by atoms with Crippen molar-refractivity contribution in [2.75, 3.05) is 6.54 Å². The largest absolute Gasteiger partial charge is 0.298 e. The normalized spacial score (nSPS) is 12.2. The van der Waals surface area contributed by atoms with Crippen LogP contribution in [0.15, 0.2) is 12.1 Å². The molecular weight excluding hydrogens is 217 g/mol. The highest BCUT2D eigenvalue weighted by Gasteiger charge is 2.17. The van der Waals surface area contributed by atoms with Gasteiger partial charge < -0.3 is 0 Å². The molecule has 0 aliphatic carbocycles. The van der Waals surface area contributed by atoms with Crippen molar-refractivity contribution in [2.45, 2.75) is 19.4 Å². The maximum Gasteiger partial charge on any atom is 0.161 e. The Balaban J connectivity index is 3.01. The van der Waals surface area contributed by atoms with E-state index in [-0.39, 0.29) is 5.56 Å². The second-order valence-electron chi connectivity index (χ2n) is 3.30. The molecule has 86 valence electrons. The summed E-state index contributed by atoms with van der Waals surface area (Å²) in [6.45, 7) is 2.37. The average Bonchev–Trinajstić information content (AvgIpc) is 2.26. The van der Waals surface area contributed by atoms with Gasteiger partial charge in [-0.15, -0.1) is 0 Å². The van der Waals surface area contributed by atoms with Gasteiger partial charge in [0.2, 0.25) is 0 Å². The highest BCUT2D eigenvalue weighted by molar-refractivity contribution is 5.27. The van der Waals surface area contributed by atoms with Crippen LogP contribution in [0.4, 0.5) is 13.2 Å². The second kappa shape index (κ2) is 5.52. The minimum atomic E-state index is -1.26. The fraction of sp³-hybridized carbons (Fsp3) is 0.364. The molecule has 0 saturated carbocycles. The van der Waals surface area contributed by atoms with Crippen LogP contribution in [0.1, 0.15) is 24.9 Å². The van der Waals surface area contributed by atoms with Gasteiger partial charge in [0.1, 0.15) is 11.9 Å². The molecule has 16 heavy (non-hydrogen) atoms. The summed E-state index contributed by atoms with van der Waals surface area (Å²) in [5.41, 5.74) is -0.171.